The highest BCUT2D eigenvalue weighted by atomic mass is 16.5. The lowest BCUT2D eigenvalue weighted by Gasteiger charge is -2.23. The molecule has 0 atom stereocenters. The molecule has 0 amide bonds. The fourth-order valence-electron chi connectivity index (χ4n) is 1.93. The van der Waals surface area contributed by atoms with E-state index in [0.717, 1.165) is 44.9 Å². The highest BCUT2D eigenvalue weighted by Gasteiger charge is 2.12. The van der Waals surface area contributed by atoms with Crippen LogP contribution in [0.3, 0.4) is 0 Å². The van der Waals surface area contributed by atoms with Gasteiger partial charge in [-0.3, -0.25) is 4.68 Å². The summed E-state index contributed by atoms with van der Waals surface area (Å²) in [6.45, 7) is 6.26. The second-order valence-electron chi connectivity index (χ2n) is 4.22. The van der Waals surface area contributed by atoms with E-state index in [4.69, 9.17) is 9.47 Å². The number of rotatable bonds is 6. The molecule has 0 aromatic carbocycles. The van der Waals surface area contributed by atoms with Gasteiger partial charge in [-0.15, -0.1) is 0 Å². The van der Waals surface area contributed by atoms with Crippen molar-refractivity contribution in [3.8, 4) is 5.75 Å². The number of hydrogen-bond acceptors (Lipinski definition) is 4. The van der Waals surface area contributed by atoms with Crippen molar-refractivity contribution < 1.29 is 9.47 Å². The maximum absolute atomic E-state index is 5.60. The number of nitrogens with one attached hydrogen (secondary N) is 1. The van der Waals surface area contributed by atoms with Crippen molar-refractivity contribution >= 4 is 0 Å². The first-order valence-electron chi connectivity index (χ1n) is 6.35. The van der Waals surface area contributed by atoms with Gasteiger partial charge in [0, 0.05) is 32.3 Å². The predicted molar refractivity (Wildman–Crippen MR) is 65.2 cm³/mol. The van der Waals surface area contributed by atoms with Gasteiger partial charge in [-0.2, -0.15) is 5.10 Å². The van der Waals surface area contributed by atoms with E-state index in [0.29, 0.717) is 12.6 Å². The summed E-state index contributed by atoms with van der Waals surface area (Å²) in [5.41, 5.74) is 0. The smallest absolute Gasteiger partial charge is 0.157 e. The highest BCUT2D eigenvalue weighted by molar-refractivity contribution is 5.11. The third-order valence-electron chi connectivity index (χ3n) is 2.96. The van der Waals surface area contributed by atoms with Gasteiger partial charge in [-0.05, 0) is 19.8 Å². The predicted octanol–water partition coefficient (Wildman–Crippen LogP) is 1.05. The molecule has 2 rings (SSSR count). The Bertz CT molecular complexity index is 321. The van der Waals surface area contributed by atoms with E-state index in [-0.39, 0.29) is 0 Å². The third-order valence-corrected chi connectivity index (χ3v) is 2.96. The van der Waals surface area contributed by atoms with Gasteiger partial charge in [0.25, 0.3) is 0 Å². The van der Waals surface area contributed by atoms with Crippen molar-refractivity contribution in [2.45, 2.75) is 32.4 Å². The van der Waals surface area contributed by atoms with Crippen LogP contribution in [0, 0.1) is 0 Å². The summed E-state index contributed by atoms with van der Waals surface area (Å²) in [6.07, 6.45) is 5.90. The molecular formula is C12H21N3O2. The molecule has 0 aliphatic carbocycles. The van der Waals surface area contributed by atoms with Crippen LogP contribution in [-0.4, -0.2) is 42.2 Å². The monoisotopic (exact) mass is 239 g/mol. The Balaban J connectivity index is 1.59. The maximum Gasteiger partial charge on any atom is 0.157 e. The molecule has 1 N–H and O–H groups in total. The first-order valence-corrected chi connectivity index (χ1v) is 6.35. The van der Waals surface area contributed by atoms with Gasteiger partial charge in [0.2, 0.25) is 0 Å². The van der Waals surface area contributed by atoms with Crippen LogP contribution in [0.1, 0.15) is 19.8 Å². The molecule has 0 saturated carbocycles. The molecule has 1 aromatic heterocycles. The Hall–Kier alpha value is -1.07. The van der Waals surface area contributed by atoms with Gasteiger partial charge in [0.05, 0.1) is 12.4 Å². The SMILES string of the molecule is CCn1cc(OCCNC2CCOCC2)cn1. The van der Waals surface area contributed by atoms with E-state index in [9.17, 15) is 0 Å². The molecule has 5 heteroatoms. The lowest BCUT2D eigenvalue weighted by Crippen LogP contribution is -2.37. The van der Waals surface area contributed by atoms with Crippen LogP contribution in [0.15, 0.2) is 12.4 Å². The lowest BCUT2D eigenvalue weighted by molar-refractivity contribution is 0.0770. The molecule has 1 aliphatic heterocycles. The number of aryl methyl sites for hydroxylation is 1. The molecule has 1 fully saturated rings. The summed E-state index contributed by atoms with van der Waals surface area (Å²) in [5, 5.41) is 7.64. The minimum absolute atomic E-state index is 0.589. The van der Waals surface area contributed by atoms with Crippen molar-refractivity contribution in [3.05, 3.63) is 12.4 Å². The van der Waals surface area contributed by atoms with Gasteiger partial charge in [-0.1, -0.05) is 0 Å². The second-order valence-corrected chi connectivity index (χ2v) is 4.22. The molecule has 0 unspecified atom stereocenters. The second kappa shape index (κ2) is 6.61. The van der Waals surface area contributed by atoms with Crippen LogP contribution in [0.25, 0.3) is 0 Å². The van der Waals surface area contributed by atoms with E-state index in [1.807, 2.05) is 10.9 Å². The average Bonchev–Trinajstić information content (AvgIpc) is 2.84. The lowest BCUT2D eigenvalue weighted by atomic mass is 10.1. The summed E-state index contributed by atoms with van der Waals surface area (Å²) in [4.78, 5) is 0. The van der Waals surface area contributed by atoms with Crippen molar-refractivity contribution in [1.29, 1.82) is 0 Å². The zero-order chi connectivity index (χ0) is 11.9. The fraction of sp³-hybridized carbons (Fsp3) is 0.750. The first kappa shape index (κ1) is 12.4. The fourth-order valence-corrected chi connectivity index (χ4v) is 1.93. The van der Waals surface area contributed by atoms with Crippen LogP contribution in [0.5, 0.6) is 5.75 Å². The van der Waals surface area contributed by atoms with E-state index >= 15 is 0 Å². The van der Waals surface area contributed by atoms with Gasteiger partial charge in [0.15, 0.2) is 5.75 Å². The summed E-state index contributed by atoms with van der Waals surface area (Å²) < 4.78 is 12.8. The van der Waals surface area contributed by atoms with Crippen LogP contribution >= 0.6 is 0 Å². The Morgan fingerprint density at radius 1 is 1.53 bits per heavy atom. The van der Waals surface area contributed by atoms with E-state index < -0.39 is 0 Å². The molecule has 1 aromatic rings. The van der Waals surface area contributed by atoms with Crippen LogP contribution < -0.4 is 10.1 Å². The number of ether oxygens (including phenoxy) is 2. The van der Waals surface area contributed by atoms with Crippen LogP contribution in [0.2, 0.25) is 0 Å². The molecular weight excluding hydrogens is 218 g/mol. The van der Waals surface area contributed by atoms with E-state index in [1.165, 1.54) is 0 Å². The van der Waals surface area contributed by atoms with E-state index in [2.05, 4.69) is 17.3 Å². The number of nitrogens with zero attached hydrogens (tertiary/aromatic N) is 2. The van der Waals surface area contributed by atoms with E-state index in [1.54, 1.807) is 6.20 Å². The molecule has 0 radical (unpaired) electrons. The zero-order valence-electron chi connectivity index (χ0n) is 10.4. The molecule has 5 nitrogen and oxygen atoms in total. The third kappa shape index (κ3) is 4.02. The first-order chi connectivity index (χ1) is 8.38. The minimum atomic E-state index is 0.589. The zero-order valence-corrected chi connectivity index (χ0v) is 10.4. The largest absolute Gasteiger partial charge is 0.489 e. The number of aromatic nitrogens is 2. The van der Waals surface area contributed by atoms with Crippen molar-refractivity contribution in [2.75, 3.05) is 26.4 Å². The van der Waals surface area contributed by atoms with Crippen molar-refractivity contribution in [2.24, 2.45) is 0 Å². The van der Waals surface area contributed by atoms with Crippen molar-refractivity contribution in [1.82, 2.24) is 15.1 Å². The molecule has 0 spiro atoms. The summed E-state index contributed by atoms with van der Waals surface area (Å²) in [7, 11) is 0. The highest BCUT2D eigenvalue weighted by Crippen LogP contribution is 2.08. The molecule has 0 bridgehead atoms. The minimum Gasteiger partial charge on any atom is -0.489 e. The molecule has 1 saturated heterocycles. The molecule has 2 heterocycles. The Labute approximate surface area is 102 Å². The normalized spacial score (nSPS) is 17.2. The standard InChI is InChI=1S/C12H21N3O2/c1-2-15-10-12(9-14-15)17-8-5-13-11-3-6-16-7-4-11/h9-11,13H,2-8H2,1H3. The van der Waals surface area contributed by atoms with Gasteiger partial charge < -0.3 is 14.8 Å². The molecule has 17 heavy (non-hydrogen) atoms. The molecule has 1 aliphatic rings. The Kier molecular flexibility index (Phi) is 4.82. The summed E-state index contributed by atoms with van der Waals surface area (Å²) in [5.74, 6) is 0.848. The quantitative estimate of drug-likeness (QED) is 0.754. The molecule has 96 valence electrons. The summed E-state index contributed by atoms with van der Waals surface area (Å²) >= 11 is 0. The Morgan fingerprint density at radius 3 is 3.06 bits per heavy atom. The van der Waals surface area contributed by atoms with Gasteiger partial charge in [-0.25, -0.2) is 0 Å². The van der Waals surface area contributed by atoms with Gasteiger partial charge >= 0.3 is 0 Å². The maximum atomic E-state index is 5.60. The van der Waals surface area contributed by atoms with Crippen molar-refractivity contribution in [3.63, 3.8) is 0 Å². The average molecular weight is 239 g/mol. The van der Waals surface area contributed by atoms with Crippen LogP contribution in [-0.2, 0) is 11.3 Å². The van der Waals surface area contributed by atoms with Gasteiger partial charge in [0.1, 0.15) is 6.61 Å². The van der Waals surface area contributed by atoms with Crippen LogP contribution in [0.4, 0.5) is 0 Å². The Morgan fingerprint density at radius 2 is 2.35 bits per heavy atom. The number of hydrogen-bond donors (Lipinski definition) is 1. The topological polar surface area (TPSA) is 48.3 Å². The summed E-state index contributed by atoms with van der Waals surface area (Å²) in [6, 6.07) is 0.589.